The summed E-state index contributed by atoms with van der Waals surface area (Å²) in [5.41, 5.74) is 4.52. The van der Waals surface area contributed by atoms with Gasteiger partial charge in [-0.05, 0) is 67.3 Å². The zero-order valence-corrected chi connectivity index (χ0v) is 18.9. The van der Waals surface area contributed by atoms with Crippen molar-refractivity contribution in [1.29, 1.82) is 0 Å². The number of nitrogens with one attached hydrogen (secondary N) is 2. The maximum Gasteiger partial charge on any atom is 0.251 e. The van der Waals surface area contributed by atoms with Crippen LogP contribution in [0.25, 0.3) is 11.3 Å². The highest BCUT2D eigenvalue weighted by atomic mass is 35.5. The Hall–Kier alpha value is -3.70. The summed E-state index contributed by atoms with van der Waals surface area (Å²) in [5, 5.41) is 6.86. The van der Waals surface area contributed by atoms with E-state index in [0.717, 1.165) is 36.2 Å². The molecule has 0 saturated carbocycles. The van der Waals surface area contributed by atoms with Crippen LogP contribution in [-0.2, 0) is 6.42 Å². The summed E-state index contributed by atoms with van der Waals surface area (Å²) < 4.78 is 0. The highest BCUT2D eigenvalue weighted by molar-refractivity contribution is 6.30. The standard InChI is InChI=1S/C27H25ClN4O/c28-23-13-9-21(10-14-23)25-17-19-30-27(32-25)31-24-15-11-22(12-16-24)26(33)29-18-5-4-8-20-6-2-1-3-7-20/h1-3,6-7,9-17,19H,4-5,8,18H2,(H,29,33)(H,30,31,32). The number of aromatic nitrogens is 2. The summed E-state index contributed by atoms with van der Waals surface area (Å²) in [6.45, 7) is 0.664. The van der Waals surface area contributed by atoms with Crippen molar-refractivity contribution in [3.8, 4) is 11.3 Å². The molecule has 0 aliphatic carbocycles. The SMILES string of the molecule is O=C(NCCCCc1ccccc1)c1ccc(Nc2nccc(-c3ccc(Cl)cc3)n2)cc1. The van der Waals surface area contributed by atoms with Crippen LogP contribution < -0.4 is 10.6 Å². The predicted molar refractivity (Wildman–Crippen MR) is 134 cm³/mol. The topological polar surface area (TPSA) is 66.9 Å². The van der Waals surface area contributed by atoms with Gasteiger partial charge in [0, 0.05) is 34.6 Å². The van der Waals surface area contributed by atoms with E-state index < -0.39 is 0 Å². The fourth-order valence-electron chi connectivity index (χ4n) is 3.44. The number of carbonyl (C=O) groups is 1. The molecule has 0 bridgehead atoms. The van der Waals surface area contributed by atoms with Gasteiger partial charge in [0.1, 0.15) is 0 Å². The highest BCUT2D eigenvalue weighted by Crippen LogP contribution is 2.21. The van der Waals surface area contributed by atoms with Gasteiger partial charge < -0.3 is 10.6 Å². The quantitative estimate of drug-likeness (QED) is 0.290. The second-order valence-corrected chi connectivity index (χ2v) is 8.11. The van der Waals surface area contributed by atoms with Crippen LogP contribution in [0.2, 0.25) is 5.02 Å². The number of hydrogen-bond acceptors (Lipinski definition) is 4. The van der Waals surface area contributed by atoms with Gasteiger partial charge in [-0.3, -0.25) is 4.79 Å². The minimum atomic E-state index is -0.0674. The monoisotopic (exact) mass is 456 g/mol. The summed E-state index contributed by atoms with van der Waals surface area (Å²) in [6.07, 6.45) is 4.72. The van der Waals surface area contributed by atoms with Crippen molar-refractivity contribution in [3.05, 3.63) is 107 Å². The first kappa shape index (κ1) is 22.5. The number of aryl methyl sites for hydroxylation is 1. The van der Waals surface area contributed by atoms with E-state index in [4.69, 9.17) is 11.6 Å². The molecule has 4 rings (SSSR count). The van der Waals surface area contributed by atoms with Crippen molar-refractivity contribution in [3.63, 3.8) is 0 Å². The first-order chi connectivity index (χ1) is 16.2. The van der Waals surface area contributed by atoms with Gasteiger partial charge in [-0.2, -0.15) is 0 Å². The van der Waals surface area contributed by atoms with Crippen LogP contribution in [0.3, 0.4) is 0 Å². The molecule has 166 valence electrons. The van der Waals surface area contributed by atoms with E-state index in [0.29, 0.717) is 23.1 Å². The maximum atomic E-state index is 12.4. The lowest BCUT2D eigenvalue weighted by Gasteiger charge is -2.09. The zero-order chi connectivity index (χ0) is 22.9. The van der Waals surface area contributed by atoms with Gasteiger partial charge in [0.15, 0.2) is 0 Å². The molecule has 0 aliphatic heterocycles. The first-order valence-corrected chi connectivity index (χ1v) is 11.3. The third-order valence-electron chi connectivity index (χ3n) is 5.22. The third-order valence-corrected chi connectivity index (χ3v) is 5.47. The normalized spacial score (nSPS) is 10.6. The summed E-state index contributed by atoms with van der Waals surface area (Å²) in [5.74, 6) is 0.417. The van der Waals surface area contributed by atoms with Crippen LogP contribution in [0.1, 0.15) is 28.8 Å². The molecule has 0 fully saturated rings. The minimum Gasteiger partial charge on any atom is -0.352 e. The van der Waals surface area contributed by atoms with Crippen molar-refractivity contribution in [1.82, 2.24) is 15.3 Å². The molecule has 0 saturated heterocycles. The molecule has 5 nitrogen and oxygen atoms in total. The Morgan fingerprint density at radius 2 is 1.61 bits per heavy atom. The van der Waals surface area contributed by atoms with Gasteiger partial charge in [-0.1, -0.05) is 54.1 Å². The van der Waals surface area contributed by atoms with E-state index >= 15 is 0 Å². The predicted octanol–water partition coefficient (Wildman–Crippen LogP) is 6.29. The molecule has 33 heavy (non-hydrogen) atoms. The largest absolute Gasteiger partial charge is 0.352 e. The molecular weight excluding hydrogens is 432 g/mol. The number of halogens is 1. The fourth-order valence-corrected chi connectivity index (χ4v) is 3.56. The molecule has 3 aromatic carbocycles. The highest BCUT2D eigenvalue weighted by Gasteiger charge is 2.07. The lowest BCUT2D eigenvalue weighted by molar-refractivity contribution is 0.0953. The Morgan fingerprint density at radius 1 is 0.848 bits per heavy atom. The van der Waals surface area contributed by atoms with E-state index in [1.807, 2.05) is 48.5 Å². The molecule has 2 N–H and O–H groups in total. The second-order valence-electron chi connectivity index (χ2n) is 7.67. The van der Waals surface area contributed by atoms with Crippen LogP contribution in [0.4, 0.5) is 11.6 Å². The van der Waals surface area contributed by atoms with E-state index in [2.05, 4.69) is 44.9 Å². The second kappa shape index (κ2) is 11.2. The summed E-state index contributed by atoms with van der Waals surface area (Å²) in [6, 6.07) is 27.0. The average Bonchev–Trinajstić information content (AvgIpc) is 2.85. The number of amides is 1. The number of benzene rings is 3. The lowest BCUT2D eigenvalue weighted by atomic mass is 10.1. The van der Waals surface area contributed by atoms with Crippen molar-refractivity contribution >= 4 is 29.1 Å². The summed E-state index contributed by atoms with van der Waals surface area (Å²) >= 11 is 5.96. The van der Waals surface area contributed by atoms with Crippen molar-refractivity contribution < 1.29 is 4.79 Å². The lowest BCUT2D eigenvalue weighted by Crippen LogP contribution is -2.24. The maximum absolute atomic E-state index is 12.4. The summed E-state index contributed by atoms with van der Waals surface area (Å²) in [7, 11) is 0. The van der Waals surface area contributed by atoms with E-state index in [1.54, 1.807) is 18.3 Å². The molecule has 0 radical (unpaired) electrons. The van der Waals surface area contributed by atoms with Crippen LogP contribution in [0, 0.1) is 0 Å². The zero-order valence-electron chi connectivity index (χ0n) is 18.2. The molecule has 0 atom stereocenters. The smallest absolute Gasteiger partial charge is 0.251 e. The fraction of sp³-hybridized carbons (Fsp3) is 0.148. The molecule has 1 amide bonds. The number of carbonyl (C=O) groups excluding carboxylic acids is 1. The first-order valence-electron chi connectivity index (χ1n) is 11.0. The van der Waals surface area contributed by atoms with Crippen LogP contribution in [-0.4, -0.2) is 22.4 Å². The van der Waals surface area contributed by atoms with Crippen LogP contribution in [0.15, 0.2) is 91.1 Å². The number of nitrogens with zero attached hydrogens (tertiary/aromatic N) is 2. The van der Waals surface area contributed by atoms with E-state index in [9.17, 15) is 4.79 Å². The number of rotatable bonds is 9. The Balaban J connectivity index is 1.27. The van der Waals surface area contributed by atoms with Crippen molar-refractivity contribution in [2.75, 3.05) is 11.9 Å². The average molecular weight is 457 g/mol. The van der Waals surface area contributed by atoms with E-state index in [-0.39, 0.29) is 5.91 Å². The number of anilines is 2. The minimum absolute atomic E-state index is 0.0674. The van der Waals surface area contributed by atoms with Gasteiger partial charge in [-0.25, -0.2) is 9.97 Å². The van der Waals surface area contributed by atoms with Crippen molar-refractivity contribution in [2.24, 2.45) is 0 Å². The van der Waals surface area contributed by atoms with E-state index in [1.165, 1.54) is 5.56 Å². The van der Waals surface area contributed by atoms with Gasteiger partial charge in [0.05, 0.1) is 5.69 Å². The molecule has 6 heteroatoms. The van der Waals surface area contributed by atoms with Gasteiger partial charge >= 0.3 is 0 Å². The Kier molecular flexibility index (Phi) is 7.67. The van der Waals surface area contributed by atoms with Crippen molar-refractivity contribution in [2.45, 2.75) is 19.3 Å². The molecule has 0 unspecified atom stereocenters. The Morgan fingerprint density at radius 3 is 2.36 bits per heavy atom. The van der Waals surface area contributed by atoms with Crippen LogP contribution >= 0.6 is 11.6 Å². The van der Waals surface area contributed by atoms with Gasteiger partial charge in [-0.15, -0.1) is 0 Å². The third kappa shape index (κ3) is 6.64. The Labute approximate surface area is 198 Å². The molecule has 0 aliphatic rings. The molecule has 4 aromatic rings. The van der Waals surface area contributed by atoms with Gasteiger partial charge in [0.25, 0.3) is 5.91 Å². The molecule has 0 spiro atoms. The van der Waals surface area contributed by atoms with Crippen LogP contribution in [0.5, 0.6) is 0 Å². The molecule has 1 aromatic heterocycles. The summed E-state index contributed by atoms with van der Waals surface area (Å²) in [4.78, 5) is 21.3. The molecular formula is C27H25ClN4O. The Bertz CT molecular complexity index is 1180. The number of unbranched alkanes of at least 4 members (excludes halogenated alkanes) is 1. The number of hydrogen-bond donors (Lipinski definition) is 2. The van der Waals surface area contributed by atoms with Gasteiger partial charge in [0.2, 0.25) is 5.95 Å². The molecule has 1 heterocycles.